The lowest BCUT2D eigenvalue weighted by Gasteiger charge is -2.16. The zero-order valence-electron chi connectivity index (χ0n) is 11.6. The highest BCUT2D eigenvalue weighted by Gasteiger charge is 2.17. The van der Waals surface area contributed by atoms with E-state index >= 15 is 0 Å². The van der Waals surface area contributed by atoms with Gasteiger partial charge in [0.2, 0.25) is 0 Å². The van der Waals surface area contributed by atoms with Crippen molar-refractivity contribution in [1.82, 2.24) is 4.98 Å². The van der Waals surface area contributed by atoms with Crippen LogP contribution in [0.1, 0.15) is 39.9 Å². The van der Waals surface area contributed by atoms with Gasteiger partial charge < -0.3 is 4.74 Å². The summed E-state index contributed by atoms with van der Waals surface area (Å²) in [7, 11) is 0. The Morgan fingerprint density at radius 2 is 2.10 bits per heavy atom. The van der Waals surface area contributed by atoms with Crippen molar-refractivity contribution in [2.45, 2.75) is 32.8 Å². The monoisotopic (exact) mass is 267 g/mol. The number of hydrogen-bond acceptors (Lipinski definition) is 3. The molecule has 3 heteroatoms. The normalized spacial score (nSPS) is 13.9. The van der Waals surface area contributed by atoms with Crippen molar-refractivity contribution in [3.05, 3.63) is 58.9 Å². The maximum atomic E-state index is 11.8. The van der Waals surface area contributed by atoms with Crippen molar-refractivity contribution in [2.24, 2.45) is 0 Å². The quantitative estimate of drug-likeness (QED) is 0.854. The first-order chi connectivity index (χ1) is 9.72. The average Bonchev–Trinajstić information content (AvgIpc) is 2.45. The highest BCUT2D eigenvalue weighted by Crippen LogP contribution is 2.25. The summed E-state index contributed by atoms with van der Waals surface area (Å²) in [6.07, 6.45) is 6.21. The molecule has 0 saturated carbocycles. The Kier molecular flexibility index (Phi) is 3.50. The number of rotatable bonds is 3. The summed E-state index contributed by atoms with van der Waals surface area (Å²) >= 11 is 0. The zero-order valence-corrected chi connectivity index (χ0v) is 11.6. The van der Waals surface area contributed by atoms with E-state index in [0.29, 0.717) is 13.0 Å². The maximum Gasteiger partial charge on any atom is 0.163 e. The molecule has 0 atom stereocenters. The smallest absolute Gasteiger partial charge is 0.163 e. The molecule has 2 aromatic rings. The van der Waals surface area contributed by atoms with Gasteiger partial charge >= 0.3 is 0 Å². The van der Waals surface area contributed by atoms with Crippen LogP contribution in [0.3, 0.4) is 0 Å². The van der Waals surface area contributed by atoms with Gasteiger partial charge in [0.25, 0.3) is 0 Å². The van der Waals surface area contributed by atoms with Crippen molar-refractivity contribution in [1.29, 1.82) is 0 Å². The zero-order chi connectivity index (χ0) is 13.9. The highest BCUT2D eigenvalue weighted by atomic mass is 16.5. The van der Waals surface area contributed by atoms with Gasteiger partial charge in [-0.3, -0.25) is 9.78 Å². The third-order valence-electron chi connectivity index (χ3n) is 3.56. The molecule has 1 aromatic heterocycles. The highest BCUT2D eigenvalue weighted by molar-refractivity contribution is 5.98. The van der Waals surface area contributed by atoms with Crippen molar-refractivity contribution < 1.29 is 9.53 Å². The van der Waals surface area contributed by atoms with Crippen LogP contribution in [-0.2, 0) is 13.0 Å². The maximum absolute atomic E-state index is 11.8. The Balaban J connectivity index is 1.74. The van der Waals surface area contributed by atoms with Crippen LogP contribution in [0.15, 0.2) is 36.7 Å². The van der Waals surface area contributed by atoms with E-state index in [1.165, 1.54) is 0 Å². The molecular weight excluding hydrogens is 250 g/mol. The summed E-state index contributed by atoms with van der Waals surface area (Å²) < 4.78 is 5.80. The second-order valence-corrected chi connectivity index (χ2v) is 5.25. The minimum atomic E-state index is 0.251. The van der Waals surface area contributed by atoms with Crippen LogP contribution in [0.25, 0.3) is 0 Å². The SMILES string of the molecule is Cc1cncc(COc2ccc3c(c2)CCCC3=O)c1. The number of ether oxygens (including phenoxy) is 1. The van der Waals surface area contributed by atoms with Gasteiger partial charge in [0, 0.05) is 29.9 Å². The average molecular weight is 267 g/mol. The summed E-state index contributed by atoms with van der Waals surface area (Å²) in [4.78, 5) is 15.9. The Bertz CT molecular complexity index is 649. The number of Topliss-reactive ketones (excluding diaryl/α,β-unsaturated/α-hetero) is 1. The molecule has 0 radical (unpaired) electrons. The number of carbonyl (C=O) groups is 1. The first-order valence-corrected chi connectivity index (χ1v) is 6.92. The van der Waals surface area contributed by atoms with E-state index in [0.717, 1.165) is 40.8 Å². The molecular formula is C17H17NO2. The van der Waals surface area contributed by atoms with Crippen LogP contribution in [0.4, 0.5) is 0 Å². The fourth-order valence-corrected chi connectivity index (χ4v) is 2.58. The van der Waals surface area contributed by atoms with Crippen molar-refractivity contribution in [3.8, 4) is 5.75 Å². The van der Waals surface area contributed by atoms with E-state index in [2.05, 4.69) is 11.1 Å². The molecule has 3 nitrogen and oxygen atoms in total. The van der Waals surface area contributed by atoms with E-state index in [-0.39, 0.29) is 5.78 Å². The van der Waals surface area contributed by atoms with E-state index in [9.17, 15) is 4.79 Å². The van der Waals surface area contributed by atoms with Gasteiger partial charge in [0.15, 0.2) is 5.78 Å². The molecule has 1 aliphatic rings. The van der Waals surface area contributed by atoms with E-state index in [1.54, 1.807) is 0 Å². The lowest BCUT2D eigenvalue weighted by atomic mass is 9.90. The first-order valence-electron chi connectivity index (χ1n) is 6.92. The first kappa shape index (κ1) is 12.9. The van der Waals surface area contributed by atoms with E-state index < -0.39 is 0 Å². The van der Waals surface area contributed by atoms with E-state index in [4.69, 9.17) is 4.74 Å². The number of ketones is 1. The number of pyridine rings is 1. The lowest BCUT2D eigenvalue weighted by Crippen LogP contribution is -2.10. The van der Waals surface area contributed by atoms with Gasteiger partial charge in [-0.15, -0.1) is 0 Å². The summed E-state index contributed by atoms with van der Waals surface area (Å²) in [5.74, 6) is 1.07. The van der Waals surface area contributed by atoms with Crippen molar-refractivity contribution >= 4 is 5.78 Å². The minimum Gasteiger partial charge on any atom is -0.489 e. The molecule has 0 saturated heterocycles. The number of fused-ring (bicyclic) bond motifs is 1. The number of carbonyl (C=O) groups excluding carboxylic acids is 1. The van der Waals surface area contributed by atoms with Gasteiger partial charge in [0.1, 0.15) is 12.4 Å². The molecule has 0 fully saturated rings. The molecule has 102 valence electrons. The minimum absolute atomic E-state index is 0.251. The molecule has 1 aliphatic carbocycles. The molecule has 0 bridgehead atoms. The van der Waals surface area contributed by atoms with Crippen LogP contribution < -0.4 is 4.74 Å². The van der Waals surface area contributed by atoms with Gasteiger partial charge in [0.05, 0.1) is 0 Å². The van der Waals surface area contributed by atoms with Gasteiger partial charge in [-0.25, -0.2) is 0 Å². The summed E-state index contributed by atoms with van der Waals surface area (Å²) in [6.45, 7) is 2.52. The Labute approximate surface area is 118 Å². The number of hydrogen-bond donors (Lipinski definition) is 0. The van der Waals surface area contributed by atoms with Crippen LogP contribution in [0.5, 0.6) is 5.75 Å². The van der Waals surface area contributed by atoms with Gasteiger partial charge in [-0.05, 0) is 55.2 Å². The number of aromatic nitrogens is 1. The van der Waals surface area contributed by atoms with Crippen LogP contribution in [0.2, 0.25) is 0 Å². The molecule has 0 aliphatic heterocycles. The topological polar surface area (TPSA) is 39.2 Å². The number of aryl methyl sites for hydroxylation is 2. The molecule has 1 heterocycles. The fourth-order valence-electron chi connectivity index (χ4n) is 2.58. The second-order valence-electron chi connectivity index (χ2n) is 5.25. The molecule has 0 unspecified atom stereocenters. The summed E-state index contributed by atoms with van der Waals surface area (Å²) in [6, 6.07) is 7.83. The van der Waals surface area contributed by atoms with Gasteiger partial charge in [-0.2, -0.15) is 0 Å². The van der Waals surface area contributed by atoms with Crippen molar-refractivity contribution in [3.63, 3.8) is 0 Å². The molecule has 1 aromatic carbocycles. The molecule has 3 rings (SSSR count). The molecule has 0 amide bonds. The largest absolute Gasteiger partial charge is 0.489 e. The Hall–Kier alpha value is -2.16. The third kappa shape index (κ3) is 2.72. The Morgan fingerprint density at radius 1 is 1.20 bits per heavy atom. The van der Waals surface area contributed by atoms with Crippen LogP contribution in [-0.4, -0.2) is 10.8 Å². The van der Waals surface area contributed by atoms with E-state index in [1.807, 2.05) is 37.5 Å². The summed E-state index contributed by atoms with van der Waals surface area (Å²) in [5.41, 5.74) is 4.16. The predicted octanol–water partition coefficient (Wildman–Crippen LogP) is 3.49. The van der Waals surface area contributed by atoms with Crippen molar-refractivity contribution in [2.75, 3.05) is 0 Å². The number of nitrogens with zero attached hydrogens (tertiary/aromatic N) is 1. The molecule has 0 spiro atoms. The van der Waals surface area contributed by atoms with Crippen LogP contribution >= 0.6 is 0 Å². The Morgan fingerprint density at radius 3 is 2.95 bits per heavy atom. The molecule has 0 N–H and O–H groups in total. The summed E-state index contributed by atoms with van der Waals surface area (Å²) in [5, 5.41) is 0. The fraction of sp³-hybridized carbons (Fsp3) is 0.294. The second kappa shape index (κ2) is 5.45. The standard InChI is InChI=1S/C17H17NO2/c1-12-7-13(10-18-9-12)11-20-15-5-6-16-14(8-15)3-2-4-17(16)19/h5-10H,2-4,11H2,1H3. The lowest BCUT2D eigenvalue weighted by molar-refractivity contribution is 0.0972. The van der Waals surface area contributed by atoms with Crippen LogP contribution in [0, 0.1) is 6.92 Å². The third-order valence-corrected chi connectivity index (χ3v) is 3.56. The number of benzene rings is 1. The van der Waals surface area contributed by atoms with Gasteiger partial charge in [-0.1, -0.05) is 0 Å². The predicted molar refractivity (Wildman–Crippen MR) is 77.0 cm³/mol. The molecule has 20 heavy (non-hydrogen) atoms.